The van der Waals surface area contributed by atoms with Crippen molar-refractivity contribution in [1.29, 1.82) is 0 Å². The maximum atomic E-state index is 12.3. The number of piperidine rings is 1. The first-order valence-electron chi connectivity index (χ1n) is 7.01. The molecule has 1 aliphatic rings. The van der Waals surface area contributed by atoms with Gasteiger partial charge in [0, 0.05) is 23.7 Å². The lowest BCUT2D eigenvalue weighted by molar-refractivity contribution is -0.133. The van der Waals surface area contributed by atoms with Crippen molar-refractivity contribution in [3.63, 3.8) is 0 Å². The van der Waals surface area contributed by atoms with E-state index >= 15 is 0 Å². The molecule has 0 aromatic heterocycles. The van der Waals surface area contributed by atoms with E-state index in [2.05, 4.69) is 0 Å². The molecule has 1 saturated heterocycles. The molecule has 0 spiro atoms. The maximum absolute atomic E-state index is 12.3. The molecule has 1 aromatic carbocycles. The Morgan fingerprint density at radius 2 is 2.05 bits per heavy atom. The van der Waals surface area contributed by atoms with E-state index in [4.69, 9.17) is 17.3 Å². The van der Waals surface area contributed by atoms with E-state index in [9.17, 15) is 9.59 Å². The number of carbonyl (C=O) groups excluding carboxylic acids is 2. The largest absolute Gasteiger partial charge is 0.369 e. The number of hydrogen-bond acceptors (Lipinski definition) is 2. The van der Waals surface area contributed by atoms with Crippen LogP contribution in [0, 0.1) is 5.92 Å². The molecule has 21 heavy (non-hydrogen) atoms. The van der Waals surface area contributed by atoms with Gasteiger partial charge in [-0.25, -0.2) is 0 Å². The number of rotatable bonds is 3. The summed E-state index contributed by atoms with van der Waals surface area (Å²) in [5, 5.41) is 0.600. The van der Waals surface area contributed by atoms with Crippen LogP contribution in [0.2, 0.25) is 5.02 Å². The number of amides is 2. The Kier molecular flexibility index (Phi) is 5.02. The molecular weight excluding hydrogens is 288 g/mol. The van der Waals surface area contributed by atoms with Gasteiger partial charge in [0.25, 0.3) is 0 Å². The first-order chi connectivity index (χ1) is 9.99. The van der Waals surface area contributed by atoms with Gasteiger partial charge in [-0.05, 0) is 37.5 Å². The summed E-state index contributed by atoms with van der Waals surface area (Å²) in [6, 6.07) is 7.44. The van der Waals surface area contributed by atoms with Crippen LogP contribution in [0.1, 0.15) is 25.3 Å². The smallest absolute Gasteiger partial charge is 0.246 e. The van der Waals surface area contributed by atoms with Gasteiger partial charge in [-0.3, -0.25) is 9.59 Å². The van der Waals surface area contributed by atoms with Gasteiger partial charge in [-0.1, -0.05) is 29.8 Å². The molecule has 1 fully saturated rings. The summed E-state index contributed by atoms with van der Waals surface area (Å²) >= 11 is 6.05. The van der Waals surface area contributed by atoms with E-state index in [1.165, 1.54) is 6.08 Å². The van der Waals surface area contributed by atoms with Gasteiger partial charge in [0.15, 0.2) is 0 Å². The number of nitrogens with two attached hydrogens (primary N) is 1. The van der Waals surface area contributed by atoms with Gasteiger partial charge >= 0.3 is 0 Å². The van der Waals surface area contributed by atoms with Crippen molar-refractivity contribution in [2.45, 2.75) is 25.8 Å². The maximum Gasteiger partial charge on any atom is 0.246 e. The van der Waals surface area contributed by atoms with E-state index in [0.29, 0.717) is 11.6 Å². The Morgan fingerprint density at radius 3 is 2.71 bits per heavy atom. The fraction of sp³-hybridized carbons (Fsp3) is 0.375. The van der Waals surface area contributed by atoms with Crippen LogP contribution in [-0.2, 0) is 9.59 Å². The molecule has 1 heterocycles. The van der Waals surface area contributed by atoms with E-state index in [1.54, 1.807) is 17.0 Å². The summed E-state index contributed by atoms with van der Waals surface area (Å²) in [6.45, 7) is 2.38. The number of nitrogens with zero attached hydrogens (tertiary/aromatic N) is 1. The first-order valence-corrected chi connectivity index (χ1v) is 7.39. The van der Waals surface area contributed by atoms with Gasteiger partial charge in [0.1, 0.15) is 0 Å². The third kappa shape index (κ3) is 3.85. The molecule has 112 valence electrons. The second kappa shape index (κ2) is 6.76. The summed E-state index contributed by atoms with van der Waals surface area (Å²) in [7, 11) is 0. The van der Waals surface area contributed by atoms with Gasteiger partial charge in [-0.15, -0.1) is 0 Å². The third-order valence-electron chi connectivity index (χ3n) is 3.88. The highest BCUT2D eigenvalue weighted by Crippen LogP contribution is 2.22. The third-order valence-corrected chi connectivity index (χ3v) is 4.22. The minimum atomic E-state index is -0.338. The zero-order valence-corrected chi connectivity index (χ0v) is 12.7. The minimum absolute atomic E-state index is 0.115. The highest BCUT2D eigenvalue weighted by atomic mass is 35.5. The van der Waals surface area contributed by atoms with Crippen LogP contribution in [0.4, 0.5) is 0 Å². The van der Waals surface area contributed by atoms with Crippen LogP contribution in [0.25, 0.3) is 6.08 Å². The lowest BCUT2D eigenvalue weighted by Crippen LogP contribution is -2.48. The van der Waals surface area contributed by atoms with Crippen molar-refractivity contribution >= 4 is 29.5 Å². The molecule has 4 nitrogen and oxygen atoms in total. The monoisotopic (exact) mass is 306 g/mol. The fourth-order valence-electron chi connectivity index (χ4n) is 2.51. The van der Waals surface area contributed by atoms with Gasteiger partial charge in [0.05, 0.1) is 5.92 Å². The van der Waals surface area contributed by atoms with E-state index < -0.39 is 0 Å². The summed E-state index contributed by atoms with van der Waals surface area (Å²) in [4.78, 5) is 25.3. The molecule has 0 radical (unpaired) electrons. The Morgan fingerprint density at radius 1 is 1.33 bits per heavy atom. The molecule has 2 N–H and O–H groups in total. The van der Waals surface area contributed by atoms with Crippen LogP contribution >= 0.6 is 11.6 Å². The molecule has 0 unspecified atom stereocenters. The quantitative estimate of drug-likeness (QED) is 0.872. The average molecular weight is 307 g/mol. The van der Waals surface area contributed by atoms with Crippen LogP contribution in [0.15, 0.2) is 30.3 Å². The first kappa shape index (κ1) is 15.6. The predicted molar refractivity (Wildman–Crippen MR) is 83.6 cm³/mol. The average Bonchev–Trinajstić information content (AvgIpc) is 2.46. The van der Waals surface area contributed by atoms with Crippen molar-refractivity contribution in [2.24, 2.45) is 11.7 Å². The van der Waals surface area contributed by atoms with Gasteiger partial charge in [0.2, 0.25) is 11.8 Å². The van der Waals surface area contributed by atoms with Gasteiger partial charge < -0.3 is 10.6 Å². The molecular formula is C16H19ClN2O2. The second-order valence-electron chi connectivity index (χ2n) is 5.37. The van der Waals surface area contributed by atoms with Gasteiger partial charge in [-0.2, -0.15) is 0 Å². The SMILES string of the molecule is C[C@@H]1CC[C@@H](C(N)=O)CN1C(=O)/C=C/c1ccccc1Cl. The number of likely N-dealkylation sites (tertiary alicyclic amines) is 1. The minimum Gasteiger partial charge on any atom is -0.369 e. The summed E-state index contributed by atoms with van der Waals surface area (Å²) in [5.74, 6) is -0.706. The summed E-state index contributed by atoms with van der Waals surface area (Å²) in [6.07, 6.45) is 4.74. The Labute approximate surface area is 129 Å². The van der Waals surface area contributed by atoms with E-state index in [-0.39, 0.29) is 23.8 Å². The van der Waals surface area contributed by atoms with Crippen molar-refractivity contribution in [2.75, 3.05) is 6.54 Å². The standard InChI is InChI=1S/C16H19ClN2O2/c1-11-6-7-13(16(18)21)10-19(11)15(20)9-8-12-4-2-3-5-14(12)17/h2-5,8-9,11,13H,6-7,10H2,1H3,(H2,18,21)/b9-8+/t11-,13-/m1/s1. The molecule has 1 aromatic rings. The second-order valence-corrected chi connectivity index (χ2v) is 5.78. The molecule has 0 saturated carbocycles. The molecule has 2 atom stereocenters. The van der Waals surface area contributed by atoms with E-state index in [0.717, 1.165) is 18.4 Å². The fourth-order valence-corrected chi connectivity index (χ4v) is 2.71. The van der Waals surface area contributed by atoms with Crippen LogP contribution in [0.5, 0.6) is 0 Å². The molecule has 1 aliphatic heterocycles. The van der Waals surface area contributed by atoms with Crippen LogP contribution in [0.3, 0.4) is 0 Å². The summed E-state index contributed by atoms with van der Waals surface area (Å²) in [5.41, 5.74) is 6.14. The van der Waals surface area contributed by atoms with Crippen molar-refractivity contribution in [3.8, 4) is 0 Å². The highest BCUT2D eigenvalue weighted by molar-refractivity contribution is 6.32. The lowest BCUT2D eigenvalue weighted by atomic mass is 9.93. The summed E-state index contributed by atoms with van der Waals surface area (Å²) < 4.78 is 0. The predicted octanol–water partition coefficient (Wildman–Crippen LogP) is 2.47. The number of benzene rings is 1. The number of carbonyl (C=O) groups is 2. The normalized spacial score (nSPS) is 22.5. The van der Waals surface area contributed by atoms with Crippen molar-refractivity contribution in [3.05, 3.63) is 40.9 Å². The molecule has 0 aliphatic carbocycles. The molecule has 2 rings (SSSR count). The Hall–Kier alpha value is -1.81. The molecule has 2 amide bonds. The van der Waals surface area contributed by atoms with Crippen LogP contribution in [-0.4, -0.2) is 29.3 Å². The van der Waals surface area contributed by atoms with Crippen molar-refractivity contribution in [1.82, 2.24) is 4.90 Å². The topological polar surface area (TPSA) is 63.4 Å². The zero-order valence-electron chi connectivity index (χ0n) is 12.0. The highest BCUT2D eigenvalue weighted by Gasteiger charge is 2.30. The van der Waals surface area contributed by atoms with E-state index in [1.807, 2.05) is 25.1 Å². The number of halogens is 1. The number of primary amides is 1. The Bertz CT molecular complexity index is 571. The van der Waals surface area contributed by atoms with Crippen LogP contribution < -0.4 is 5.73 Å². The molecule has 5 heteroatoms. The number of hydrogen-bond donors (Lipinski definition) is 1. The lowest BCUT2D eigenvalue weighted by Gasteiger charge is -2.36. The van der Waals surface area contributed by atoms with Crippen molar-refractivity contribution < 1.29 is 9.59 Å². The Balaban J connectivity index is 2.08. The zero-order chi connectivity index (χ0) is 15.4. The molecule has 0 bridgehead atoms.